The van der Waals surface area contributed by atoms with Crippen LogP contribution in [0.25, 0.3) is 5.65 Å². The average molecular weight is 1990 g/mol. The van der Waals surface area contributed by atoms with Crippen molar-refractivity contribution in [1.82, 2.24) is 43.7 Å². The topological polar surface area (TPSA) is 313 Å². The van der Waals surface area contributed by atoms with Gasteiger partial charge in [0.15, 0.2) is 23.1 Å². The number of para-hydroxylation sites is 3. The van der Waals surface area contributed by atoms with Crippen molar-refractivity contribution < 1.29 is 90.7 Å². The lowest BCUT2D eigenvalue weighted by Gasteiger charge is -2.31. The van der Waals surface area contributed by atoms with E-state index < -0.39 is 24.2 Å². The normalized spacial score (nSPS) is 19.7. The fourth-order valence-corrected chi connectivity index (χ4v) is 22.1. The lowest BCUT2D eigenvalue weighted by molar-refractivity contribution is -0.134. The van der Waals surface area contributed by atoms with E-state index in [-0.39, 0.29) is 102 Å². The maximum Gasteiger partial charge on any atom is 0.255 e. The highest BCUT2D eigenvalue weighted by atomic mass is 16.5. The Bertz CT molecular complexity index is 7140. The predicted molar refractivity (Wildman–Crippen MR) is 547 cm³/mol. The molecule has 10 aromatic carbocycles. The number of pyridine rings is 1. The summed E-state index contributed by atoms with van der Waals surface area (Å²) in [6.07, 6.45) is 7.80. The summed E-state index contributed by atoms with van der Waals surface area (Å²) >= 11 is 0. The van der Waals surface area contributed by atoms with Gasteiger partial charge in [0, 0.05) is 154 Å². The zero-order valence-electron chi connectivity index (χ0n) is 82.6. The van der Waals surface area contributed by atoms with Crippen LogP contribution in [0.2, 0.25) is 0 Å². The molecule has 12 aliphatic rings. The van der Waals surface area contributed by atoms with Crippen molar-refractivity contribution >= 4 is 81.2 Å². The van der Waals surface area contributed by atoms with Crippen molar-refractivity contribution in [2.45, 2.75) is 200 Å². The van der Waals surface area contributed by atoms with Crippen molar-refractivity contribution in [3.05, 3.63) is 349 Å². The summed E-state index contributed by atoms with van der Waals surface area (Å²) in [6.45, 7) is 15.6. The van der Waals surface area contributed by atoms with Crippen LogP contribution in [0.15, 0.2) is 243 Å². The molecule has 5 fully saturated rings. The SMILES string of the molecule is O=C1CCC(N2Cc3c(OCc4ccc(CN5CCOc6ccccc65)cc4)cccc3C2=O)C(=O)C1.O=C1CCC(N2Cc3c(OCc4ccc(CN5CCOc6ccccc6C5)cc4)cccc3C2=O)C(=O)C1.O=C1CCC(N2Cc3c(OCc4ccc(CN5CCc6ccccc6C5)cc4)cccc3C2=O)C(=O)C1.O=C1CCC(N2Cc3c(OCc4cn5cc(CN6CCOCC6)ccc5n4)cccc3C2=O)C(=O)C1. The second-order valence-electron chi connectivity index (χ2n) is 40.0. The van der Waals surface area contributed by atoms with Gasteiger partial charge in [0.25, 0.3) is 23.6 Å². The molecule has 4 amide bonds. The van der Waals surface area contributed by atoms with Gasteiger partial charge in [-0.05, 0) is 155 Å². The molecule has 0 N–H and O–H groups in total. The van der Waals surface area contributed by atoms with Crippen molar-refractivity contribution in [3.63, 3.8) is 0 Å². The third-order valence-corrected chi connectivity index (χ3v) is 30.0. The van der Waals surface area contributed by atoms with Crippen LogP contribution >= 0.6 is 0 Å². The third-order valence-electron chi connectivity index (χ3n) is 30.0. The Balaban J connectivity index is 0.000000116. The van der Waals surface area contributed by atoms with Gasteiger partial charge >= 0.3 is 0 Å². The molecular weight excluding hydrogens is 1870 g/mol. The van der Waals surface area contributed by atoms with Crippen molar-refractivity contribution in [1.29, 1.82) is 0 Å². The quantitative estimate of drug-likeness (QED) is 0.0507. The van der Waals surface area contributed by atoms with Gasteiger partial charge in [-0.3, -0.25) is 72.2 Å². The molecule has 24 rings (SSSR count). The Morgan fingerprint density at radius 1 is 0.291 bits per heavy atom. The molecule has 2 aromatic heterocycles. The smallest absolute Gasteiger partial charge is 0.255 e. The van der Waals surface area contributed by atoms with Crippen LogP contribution in [0, 0.1) is 0 Å². The number of anilines is 1. The maximum absolute atomic E-state index is 13.1. The number of amides is 4. The number of imidazole rings is 1. The van der Waals surface area contributed by atoms with E-state index in [0.717, 1.165) is 159 Å². The summed E-state index contributed by atoms with van der Waals surface area (Å²) in [5, 5.41) is 0. The van der Waals surface area contributed by atoms with Gasteiger partial charge in [0.1, 0.15) is 103 Å². The molecule has 0 radical (unpaired) electrons. The maximum atomic E-state index is 13.1. The lowest BCUT2D eigenvalue weighted by atomic mass is 9.92. The van der Waals surface area contributed by atoms with Gasteiger partial charge in [-0.1, -0.05) is 158 Å². The van der Waals surface area contributed by atoms with E-state index in [9.17, 15) is 57.5 Å². The van der Waals surface area contributed by atoms with Gasteiger partial charge in [-0.15, -0.1) is 0 Å². The Morgan fingerprint density at radius 2 is 0.649 bits per heavy atom. The second kappa shape index (κ2) is 44.5. The van der Waals surface area contributed by atoms with Crippen LogP contribution in [0.1, 0.15) is 202 Å². The standard InChI is InChI=1S/C31H30N2O5.C31H30N2O4.C30H28N2O5.C27H28N4O5/c34-24-12-13-27(28(35)16-24)33-19-26-25(31(33)36)5-3-7-30(26)38-20-22-10-8-21(9-11-22)17-32-14-15-37-29-6-2-1-4-23(29)18-32;34-25-12-13-28(29(35)16-25)33-19-27-26(31(33)36)6-3-7-30(27)37-20-22-10-8-21(9-11-22)17-32-15-14-23-4-1-2-5-24(23)18-32;33-22-12-13-25(27(34)16-22)32-18-24-23(30(32)35)4-3-7-28(24)37-19-21-10-8-20(9-11-21)17-31-14-15-36-29-6-2-1-5-26(29)31;32-20-5-6-23(24(33)12-20)31-16-22-21(27(31)34)2-1-3-25(22)36-17-19-15-30-14-18(4-7-26(30)28-19)13-29-8-10-35-11-9-29/h1-11,27H,12-20H2;1-11,28H,12-20H2;1-11,25H,12-19H2;1-4,7,14-15,23H,5-6,8-13,16-17H2. The molecule has 8 aliphatic heterocycles. The molecule has 10 heterocycles. The first kappa shape index (κ1) is 98.6. The van der Waals surface area contributed by atoms with Crippen molar-refractivity contribution in [3.8, 4) is 34.5 Å². The molecule has 4 aliphatic carbocycles. The highest BCUT2D eigenvalue weighted by Gasteiger charge is 2.46. The van der Waals surface area contributed by atoms with Crippen LogP contribution in [0.5, 0.6) is 34.5 Å². The molecule has 1 saturated heterocycles. The van der Waals surface area contributed by atoms with Gasteiger partial charge in [0.05, 0.1) is 107 Å². The lowest BCUT2D eigenvalue weighted by Crippen LogP contribution is -2.44. The number of benzene rings is 10. The number of nitrogens with zero attached hydrogens (tertiary/aromatic N) is 10. The Morgan fingerprint density at radius 3 is 1.10 bits per heavy atom. The minimum atomic E-state index is -0.541. The van der Waals surface area contributed by atoms with E-state index in [1.165, 1.54) is 38.9 Å². The zero-order valence-corrected chi connectivity index (χ0v) is 82.6. The highest BCUT2D eigenvalue weighted by Crippen LogP contribution is 2.42. The number of carbonyl (C=O) groups excluding carboxylic acids is 12. The summed E-state index contributed by atoms with van der Waals surface area (Å²) in [7, 11) is 0. The fraction of sp³-hybridized carbons (Fsp3) is 0.336. The number of fused-ring (bicyclic) bond motifs is 8. The zero-order chi connectivity index (χ0) is 101. The Kier molecular flexibility index (Phi) is 29.6. The van der Waals surface area contributed by atoms with Crippen LogP contribution in [-0.4, -0.2) is 197 Å². The number of morpholine rings is 1. The van der Waals surface area contributed by atoms with Gasteiger partial charge in [0.2, 0.25) is 0 Å². The summed E-state index contributed by atoms with van der Waals surface area (Å²) in [5.74, 6) is 2.99. The van der Waals surface area contributed by atoms with E-state index >= 15 is 0 Å². The van der Waals surface area contributed by atoms with Gasteiger partial charge < -0.3 is 62.1 Å². The number of hydrogen-bond acceptors (Lipinski definition) is 24. The minimum absolute atomic E-state index is 0.0401. The number of aromatic nitrogens is 2. The number of hydrogen-bond donors (Lipinski definition) is 0. The largest absolute Gasteiger partial charge is 0.492 e. The Labute approximate surface area is 857 Å². The molecule has 0 bridgehead atoms. The Hall–Kier alpha value is -15.4. The minimum Gasteiger partial charge on any atom is -0.492 e. The molecule has 4 unspecified atom stereocenters. The molecule has 29 nitrogen and oxygen atoms in total. The molecular formula is C119H116N10O19. The molecule has 0 spiro atoms. The first-order chi connectivity index (χ1) is 72.2. The molecule has 756 valence electrons. The van der Waals surface area contributed by atoms with Gasteiger partial charge in [-0.2, -0.15) is 0 Å². The van der Waals surface area contributed by atoms with Crippen LogP contribution in [0.4, 0.5) is 5.69 Å². The summed E-state index contributed by atoms with van der Waals surface area (Å²) < 4.78 is 43.7. The van der Waals surface area contributed by atoms with Crippen LogP contribution in [0.3, 0.4) is 0 Å². The van der Waals surface area contributed by atoms with E-state index in [1.807, 2.05) is 95.5 Å². The summed E-state index contributed by atoms with van der Waals surface area (Å²) in [4.78, 5) is 169. The number of ether oxygens (including phenoxy) is 7. The molecule has 148 heavy (non-hydrogen) atoms. The average Bonchev–Trinajstić information content (AvgIpc) is 1.63. The van der Waals surface area contributed by atoms with Gasteiger partial charge in [-0.25, -0.2) is 4.98 Å². The number of carbonyl (C=O) groups is 12. The fourth-order valence-electron chi connectivity index (χ4n) is 22.1. The predicted octanol–water partition coefficient (Wildman–Crippen LogP) is 15.5. The first-order valence-corrected chi connectivity index (χ1v) is 51.3. The third kappa shape index (κ3) is 22.3. The highest BCUT2D eigenvalue weighted by molar-refractivity contribution is 6.11. The summed E-state index contributed by atoms with van der Waals surface area (Å²) in [6, 6.07) is 74.2. The van der Waals surface area contributed by atoms with E-state index in [2.05, 4.69) is 146 Å². The monoisotopic (exact) mass is 1990 g/mol. The number of Topliss-reactive ketones (excluding diaryl/α,β-unsaturated/α-hetero) is 8. The summed E-state index contributed by atoms with van der Waals surface area (Å²) in [5.41, 5.74) is 20.4. The van der Waals surface area contributed by atoms with Crippen molar-refractivity contribution in [2.75, 3.05) is 64.1 Å². The van der Waals surface area contributed by atoms with Crippen LogP contribution in [-0.2, 0) is 141 Å². The molecule has 12 aromatic rings. The number of ketones is 8. The van der Waals surface area contributed by atoms with Crippen molar-refractivity contribution in [2.24, 2.45) is 0 Å². The molecule has 4 saturated carbocycles. The van der Waals surface area contributed by atoms with Crippen LogP contribution < -0.4 is 33.3 Å². The number of rotatable bonds is 24. The van der Waals surface area contributed by atoms with E-state index in [4.69, 9.17) is 33.2 Å². The molecule has 4 atom stereocenters. The van der Waals surface area contributed by atoms with E-state index in [0.29, 0.717) is 156 Å². The first-order valence-electron chi connectivity index (χ1n) is 51.3. The molecule has 29 heteroatoms. The van der Waals surface area contributed by atoms with E-state index in [1.54, 1.807) is 49.9 Å². The second-order valence-corrected chi connectivity index (χ2v) is 40.0.